The first-order valence-electron chi connectivity index (χ1n) is 11.6. The normalized spacial score (nSPS) is 16.5. The number of piperazine rings is 1. The number of nitrogens with zero attached hydrogens (tertiary/aromatic N) is 3. The van der Waals surface area contributed by atoms with Gasteiger partial charge in [-0.25, -0.2) is 4.39 Å². The number of Topliss-reactive ketones (excluding diaryl/α,β-unsaturated/α-hetero) is 1. The molecule has 0 aliphatic carbocycles. The molecule has 2 heterocycles. The molecule has 1 atom stereocenters. The van der Waals surface area contributed by atoms with Crippen LogP contribution in [0.3, 0.4) is 0 Å². The fraction of sp³-hybridized carbons (Fsp3) is 0.321. The van der Waals surface area contributed by atoms with Gasteiger partial charge in [0.1, 0.15) is 5.82 Å². The van der Waals surface area contributed by atoms with E-state index in [1.165, 1.54) is 6.07 Å². The summed E-state index contributed by atoms with van der Waals surface area (Å²) in [5, 5.41) is 0. The third-order valence-electron chi connectivity index (χ3n) is 6.56. The number of halogens is 1. The molecule has 1 saturated heterocycles. The number of aromatic nitrogens is 1. The number of aryl methyl sites for hydroxylation is 1. The molecule has 0 spiro atoms. The van der Waals surface area contributed by atoms with Gasteiger partial charge in [-0.2, -0.15) is 0 Å². The number of hydrogen-bond donors (Lipinski definition) is 0. The van der Waals surface area contributed by atoms with E-state index in [4.69, 9.17) is 0 Å². The van der Waals surface area contributed by atoms with Crippen LogP contribution in [0.5, 0.6) is 0 Å². The maximum atomic E-state index is 14.5. The predicted octanol–water partition coefficient (Wildman–Crippen LogP) is 4.61. The van der Waals surface area contributed by atoms with Crippen LogP contribution in [0.2, 0.25) is 0 Å². The van der Waals surface area contributed by atoms with Crippen molar-refractivity contribution in [1.29, 1.82) is 0 Å². The van der Waals surface area contributed by atoms with Crippen LogP contribution in [0.15, 0.2) is 60.8 Å². The van der Waals surface area contributed by atoms with Crippen molar-refractivity contribution in [1.82, 2.24) is 14.8 Å². The van der Waals surface area contributed by atoms with Crippen LogP contribution in [-0.4, -0.2) is 52.2 Å². The molecule has 34 heavy (non-hydrogen) atoms. The van der Waals surface area contributed by atoms with Crippen LogP contribution in [-0.2, 0) is 13.0 Å². The Hall–Kier alpha value is -3.38. The standard InChI is InChI=1S/C28H30FN3O2/c1-19-9-10-23(16-30-19)27(33)15-24-13-26(29)14-25(21(24)3)18-31-11-12-32(20(2)17-31)28(34)22-7-5-4-6-8-22/h4-10,13-14,16,20H,11-12,15,17-18H2,1-3H3/t20-/m0/s1. The molecule has 1 aliphatic rings. The van der Waals surface area contributed by atoms with Crippen molar-refractivity contribution in [3.63, 3.8) is 0 Å². The third kappa shape index (κ3) is 5.39. The Bertz CT molecular complexity index is 1180. The number of pyridine rings is 1. The molecule has 0 N–H and O–H groups in total. The second kappa shape index (κ2) is 10.3. The highest BCUT2D eigenvalue weighted by molar-refractivity contribution is 5.97. The molecule has 1 amide bonds. The first-order chi connectivity index (χ1) is 16.3. The van der Waals surface area contributed by atoms with E-state index >= 15 is 0 Å². The molecule has 1 aromatic heterocycles. The van der Waals surface area contributed by atoms with E-state index in [1.54, 1.807) is 24.4 Å². The molecule has 4 rings (SSSR count). The average molecular weight is 460 g/mol. The van der Waals surface area contributed by atoms with Crippen molar-refractivity contribution in [3.05, 3.63) is 100 Å². The predicted molar refractivity (Wildman–Crippen MR) is 130 cm³/mol. The minimum atomic E-state index is -0.337. The fourth-order valence-electron chi connectivity index (χ4n) is 4.52. The van der Waals surface area contributed by atoms with Crippen molar-refractivity contribution in [2.45, 2.75) is 39.8 Å². The molecule has 0 unspecified atom stereocenters. The molecule has 0 bridgehead atoms. The van der Waals surface area contributed by atoms with Crippen molar-refractivity contribution >= 4 is 11.7 Å². The summed E-state index contributed by atoms with van der Waals surface area (Å²) in [7, 11) is 0. The van der Waals surface area contributed by atoms with Gasteiger partial charge in [0.15, 0.2) is 5.78 Å². The number of carbonyl (C=O) groups is 2. The second-order valence-electron chi connectivity index (χ2n) is 9.09. The Kier molecular flexibility index (Phi) is 7.17. The first-order valence-corrected chi connectivity index (χ1v) is 11.6. The average Bonchev–Trinajstić information content (AvgIpc) is 2.82. The topological polar surface area (TPSA) is 53.5 Å². The van der Waals surface area contributed by atoms with E-state index in [0.717, 1.165) is 16.8 Å². The second-order valence-corrected chi connectivity index (χ2v) is 9.09. The molecule has 1 aliphatic heterocycles. The molecular weight excluding hydrogens is 429 g/mol. The number of benzene rings is 2. The third-order valence-corrected chi connectivity index (χ3v) is 6.56. The van der Waals surface area contributed by atoms with E-state index in [2.05, 4.69) is 9.88 Å². The van der Waals surface area contributed by atoms with E-state index in [1.807, 2.05) is 56.0 Å². The Balaban J connectivity index is 1.44. The Morgan fingerprint density at radius 2 is 1.74 bits per heavy atom. The van der Waals surface area contributed by atoms with Gasteiger partial charge in [0, 0.05) is 61.7 Å². The van der Waals surface area contributed by atoms with Crippen LogP contribution >= 0.6 is 0 Å². The maximum Gasteiger partial charge on any atom is 0.254 e. The summed E-state index contributed by atoms with van der Waals surface area (Å²) >= 11 is 0. The molecule has 176 valence electrons. The summed E-state index contributed by atoms with van der Waals surface area (Å²) in [6, 6.07) is 16.0. The van der Waals surface area contributed by atoms with Crippen molar-refractivity contribution in [2.75, 3.05) is 19.6 Å². The lowest BCUT2D eigenvalue weighted by Gasteiger charge is -2.40. The summed E-state index contributed by atoms with van der Waals surface area (Å²) in [5.74, 6) is -0.369. The maximum absolute atomic E-state index is 14.5. The van der Waals surface area contributed by atoms with Crippen molar-refractivity contribution < 1.29 is 14.0 Å². The summed E-state index contributed by atoms with van der Waals surface area (Å²) in [6.45, 7) is 8.48. The van der Waals surface area contributed by atoms with Crippen molar-refractivity contribution in [2.24, 2.45) is 0 Å². The zero-order chi connectivity index (χ0) is 24.2. The summed E-state index contributed by atoms with van der Waals surface area (Å²) in [5.41, 5.74) is 4.59. The minimum absolute atomic E-state index is 0.0427. The van der Waals surface area contributed by atoms with E-state index in [9.17, 15) is 14.0 Å². The lowest BCUT2D eigenvalue weighted by molar-refractivity contribution is 0.0475. The van der Waals surface area contributed by atoms with Crippen LogP contribution in [0.25, 0.3) is 0 Å². The monoisotopic (exact) mass is 459 g/mol. The number of amides is 1. The van der Waals surface area contributed by atoms with Crippen LogP contribution < -0.4 is 0 Å². The molecule has 1 fully saturated rings. The fourth-order valence-corrected chi connectivity index (χ4v) is 4.52. The van der Waals surface area contributed by atoms with E-state index in [0.29, 0.717) is 42.9 Å². The number of hydrogen-bond acceptors (Lipinski definition) is 4. The smallest absolute Gasteiger partial charge is 0.254 e. The Morgan fingerprint density at radius 1 is 1.00 bits per heavy atom. The van der Waals surface area contributed by atoms with Gasteiger partial charge in [-0.3, -0.25) is 19.5 Å². The number of ketones is 1. The van der Waals surface area contributed by atoms with Gasteiger partial charge in [-0.15, -0.1) is 0 Å². The summed E-state index contributed by atoms with van der Waals surface area (Å²) < 4.78 is 14.5. The highest BCUT2D eigenvalue weighted by atomic mass is 19.1. The largest absolute Gasteiger partial charge is 0.333 e. The molecule has 5 nitrogen and oxygen atoms in total. The van der Waals surface area contributed by atoms with Gasteiger partial charge in [0.25, 0.3) is 5.91 Å². The number of rotatable bonds is 6. The van der Waals surface area contributed by atoms with Gasteiger partial charge < -0.3 is 4.90 Å². The molecule has 0 saturated carbocycles. The lowest BCUT2D eigenvalue weighted by atomic mass is 9.95. The summed E-state index contributed by atoms with van der Waals surface area (Å²) in [4.78, 5) is 34.0. The Labute approximate surface area is 200 Å². The van der Waals surface area contributed by atoms with Crippen molar-refractivity contribution in [3.8, 4) is 0 Å². The minimum Gasteiger partial charge on any atom is -0.333 e. The van der Waals surface area contributed by atoms with Gasteiger partial charge in [-0.05, 0) is 73.9 Å². The molecule has 6 heteroatoms. The van der Waals surface area contributed by atoms with Crippen LogP contribution in [0, 0.1) is 19.7 Å². The highest BCUT2D eigenvalue weighted by Crippen LogP contribution is 2.22. The van der Waals surface area contributed by atoms with Crippen LogP contribution in [0.4, 0.5) is 4.39 Å². The van der Waals surface area contributed by atoms with Gasteiger partial charge in [0.2, 0.25) is 0 Å². The SMILES string of the molecule is Cc1ccc(C(=O)Cc2cc(F)cc(CN3CCN(C(=O)c4ccccc4)[C@@H](C)C3)c2C)cn1. The first kappa shape index (κ1) is 23.8. The molecule has 2 aromatic carbocycles. The molecular formula is C28H30FN3O2. The van der Waals surface area contributed by atoms with E-state index < -0.39 is 0 Å². The van der Waals surface area contributed by atoms with Gasteiger partial charge in [0.05, 0.1) is 0 Å². The lowest BCUT2D eigenvalue weighted by Crippen LogP contribution is -2.53. The molecule has 3 aromatic rings. The number of carbonyl (C=O) groups excluding carboxylic acids is 2. The Morgan fingerprint density at radius 3 is 2.41 bits per heavy atom. The van der Waals surface area contributed by atoms with E-state index in [-0.39, 0.29) is 30.0 Å². The van der Waals surface area contributed by atoms with Crippen LogP contribution in [0.1, 0.15) is 50.0 Å². The molecule has 0 radical (unpaired) electrons. The summed E-state index contributed by atoms with van der Waals surface area (Å²) in [6.07, 6.45) is 1.71. The zero-order valence-electron chi connectivity index (χ0n) is 19.9. The quantitative estimate of drug-likeness (QED) is 0.505. The zero-order valence-corrected chi connectivity index (χ0v) is 19.9. The van der Waals surface area contributed by atoms with Gasteiger partial charge >= 0.3 is 0 Å². The highest BCUT2D eigenvalue weighted by Gasteiger charge is 2.28. The van der Waals surface area contributed by atoms with Gasteiger partial charge in [-0.1, -0.05) is 18.2 Å².